The number of rotatable bonds is 4. The van der Waals surface area contributed by atoms with Gasteiger partial charge in [-0.25, -0.2) is 9.97 Å². The SMILES string of the molecule is CN(C)CC(O)c1cc2n(n1)CCCN(c1ncnc3ccsc13)C2. The summed E-state index contributed by atoms with van der Waals surface area (Å²) in [5.74, 6) is 0.991. The molecule has 3 aromatic rings. The van der Waals surface area contributed by atoms with E-state index in [1.165, 1.54) is 0 Å². The molecular weight excluding hydrogens is 336 g/mol. The minimum atomic E-state index is -0.564. The molecule has 1 unspecified atom stereocenters. The van der Waals surface area contributed by atoms with Gasteiger partial charge < -0.3 is 14.9 Å². The molecule has 0 saturated heterocycles. The van der Waals surface area contributed by atoms with Gasteiger partial charge in [-0.15, -0.1) is 11.3 Å². The summed E-state index contributed by atoms with van der Waals surface area (Å²) < 4.78 is 3.16. The Balaban J connectivity index is 1.63. The summed E-state index contributed by atoms with van der Waals surface area (Å²) in [5, 5.41) is 17.0. The van der Waals surface area contributed by atoms with Crippen molar-refractivity contribution >= 4 is 27.4 Å². The van der Waals surface area contributed by atoms with E-state index in [-0.39, 0.29) is 0 Å². The van der Waals surface area contributed by atoms with Crippen LogP contribution in [0.3, 0.4) is 0 Å². The van der Waals surface area contributed by atoms with Gasteiger partial charge in [-0.1, -0.05) is 0 Å². The van der Waals surface area contributed by atoms with Crippen LogP contribution in [-0.2, 0) is 13.1 Å². The maximum Gasteiger partial charge on any atom is 0.150 e. The summed E-state index contributed by atoms with van der Waals surface area (Å²) in [4.78, 5) is 13.1. The van der Waals surface area contributed by atoms with E-state index in [9.17, 15) is 5.11 Å². The lowest BCUT2D eigenvalue weighted by atomic mass is 10.2. The summed E-state index contributed by atoms with van der Waals surface area (Å²) in [6.07, 6.45) is 2.07. The predicted molar refractivity (Wildman–Crippen MR) is 98.8 cm³/mol. The molecule has 7 nitrogen and oxygen atoms in total. The first-order chi connectivity index (χ1) is 12.1. The van der Waals surface area contributed by atoms with Crippen LogP contribution >= 0.6 is 11.3 Å². The lowest BCUT2D eigenvalue weighted by Crippen LogP contribution is -2.23. The fourth-order valence-corrected chi connectivity index (χ4v) is 4.13. The lowest BCUT2D eigenvalue weighted by Gasteiger charge is -2.21. The summed E-state index contributed by atoms with van der Waals surface area (Å²) in [7, 11) is 3.90. The number of anilines is 1. The summed E-state index contributed by atoms with van der Waals surface area (Å²) in [6.45, 7) is 3.11. The third-order valence-electron chi connectivity index (χ3n) is 4.44. The molecule has 132 valence electrons. The van der Waals surface area contributed by atoms with E-state index in [1.54, 1.807) is 17.7 Å². The Morgan fingerprint density at radius 2 is 2.20 bits per heavy atom. The number of fused-ring (bicyclic) bond motifs is 2. The first-order valence-corrected chi connectivity index (χ1v) is 9.32. The number of hydrogen-bond acceptors (Lipinski definition) is 7. The normalized spacial score (nSPS) is 16.2. The second-order valence-electron chi connectivity index (χ2n) is 6.67. The van der Waals surface area contributed by atoms with E-state index in [0.29, 0.717) is 6.54 Å². The minimum Gasteiger partial charge on any atom is -0.385 e. The van der Waals surface area contributed by atoms with Crippen LogP contribution in [0.15, 0.2) is 23.8 Å². The molecular formula is C17H22N6OS. The van der Waals surface area contributed by atoms with E-state index < -0.39 is 6.10 Å². The monoisotopic (exact) mass is 358 g/mol. The standard InChI is InChI=1S/C17H22N6OS/c1-21(2)10-15(24)14-8-12-9-22(5-3-6-23(12)20-14)17-16-13(4-7-25-16)18-11-19-17/h4,7-8,11,15,24H,3,5-6,9-10H2,1-2H3. The fourth-order valence-electron chi connectivity index (χ4n) is 3.27. The Morgan fingerprint density at radius 1 is 1.32 bits per heavy atom. The number of aliphatic hydroxyl groups excluding tert-OH is 1. The van der Waals surface area contributed by atoms with Crippen LogP contribution in [-0.4, -0.2) is 56.9 Å². The molecule has 4 heterocycles. The molecule has 0 aliphatic carbocycles. The molecule has 4 rings (SSSR count). The number of thiophene rings is 1. The van der Waals surface area contributed by atoms with E-state index in [2.05, 4.69) is 25.3 Å². The van der Waals surface area contributed by atoms with Crippen LogP contribution in [0.2, 0.25) is 0 Å². The zero-order chi connectivity index (χ0) is 17.4. The van der Waals surface area contributed by atoms with Crippen LogP contribution in [0.1, 0.15) is 23.9 Å². The van der Waals surface area contributed by atoms with Crippen molar-refractivity contribution in [2.45, 2.75) is 25.6 Å². The van der Waals surface area contributed by atoms with Gasteiger partial charge in [0, 0.05) is 19.6 Å². The Labute approximate surface area is 150 Å². The van der Waals surface area contributed by atoms with E-state index in [4.69, 9.17) is 0 Å². The first kappa shape index (κ1) is 16.4. The van der Waals surface area contributed by atoms with Gasteiger partial charge in [-0.2, -0.15) is 5.10 Å². The summed E-state index contributed by atoms with van der Waals surface area (Å²) in [6, 6.07) is 4.06. The number of aryl methyl sites for hydroxylation is 1. The molecule has 0 spiro atoms. The summed E-state index contributed by atoms with van der Waals surface area (Å²) >= 11 is 1.68. The molecule has 1 aliphatic heterocycles. The molecule has 1 N–H and O–H groups in total. The lowest BCUT2D eigenvalue weighted by molar-refractivity contribution is 0.133. The van der Waals surface area contributed by atoms with E-state index in [1.807, 2.05) is 35.8 Å². The van der Waals surface area contributed by atoms with Gasteiger partial charge in [0.1, 0.15) is 18.2 Å². The van der Waals surface area contributed by atoms with Crippen molar-refractivity contribution in [3.05, 3.63) is 35.2 Å². The second kappa shape index (κ2) is 6.70. The van der Waals surface area contributed by atoms with Gasteiger partial charge in [-0.05, 0) is 38.0 Å². The van der Waals surface area contributed by atoms with Crippen LogP contribution in [0.4, 0.5) is 5.82 Å². The number of hydrogen-bond donors (Lipinski definition) is 1. The maximum absolute atomic E-state index is 10.4. The van der Waals surface area contributed by atoms with Crippen molar-refractivity contribution in [1.29, 1.82) is 0 Å². The van der Waals surface area contributed by atoms with Gasteiger partial charge in [0.05, 0.1) is 28.1 Å². The zero-order valence-corrected chi connectivity index (χ0v) is 15.3. The molecule has 0 saturated carbocycles. The van der Waals surface area contributed by atoms with Gasteiger partial charge in [-0.3, -0.25) is 4.68 Å². The smallest absolute Gasteiger partial charge is 0.150 e. The van der Waals surface area contributed by atoms with Gasteiger partial charge >= 0.3 is 0 Å². The van der Waals surface area contributed by atoms with Gasteiger partial charge in [0.15, 0.2) is 0 Å². The second-order valence-corrected chi connectivity index (χ2v) is 7.59. The maximum atomic E-state index is 10.4. The Hall–Kier alpha value is -2.03. The number of aromatic nitrogens is 4. The number of aliphatic hydroxyl groups is 1. The van der Waals surface area contributed by atoms with Crippen LogP contribution in [0.25, 0.3) is 10.2 Å². The van der Waals surface area contributed by atoms with Crippen molar-refractivity contribution in [1.82, 2.24) is 24.6 Å². The van der Waals surface area contributed by atoms with Crippen LogP contribution in [0.5, 0.6) is 0 Å². The van der Waals surface area contributed by atoms with Gasteiger partial charge in [0.25, 0.3) is 0 Å². The van der Waals surface area contributed by atoms with E-state index in [0.717, 1.165) is 53.5 Å². The van der Waals surface area contributed by atoms with Crippen molar-refractivity contribution in [3.8, 4) is 0 Å². The molecule has 0 radical (unpaired) electrons. The number of nitrogens with zero attached hydrogens (tertiary/aromatic N) is 6. The highest BCUT2D eigenvalue weighted by molar-refractivity contribution is 7.17. The van der Waals surface area contributed by atoms with Crippen LogP contribution < -0.4 is 4.90 Å². The zero-order valence-electron chi connectivity index (χ0n) is 14.5. The molecule has 3 aromatic heterocycles. The molecule has 0 amide bonds. The minimum absolute atomic E-state index is 0.564. The highest BCUT2D eigenvalue weighted by atomic mass is 32.1. The third kappa shape index (κ3) is 3.24. The quantitative estimate of drug-likeness (QED) is 0.768. The van der Waals surface area contributed by atoms with Crippen molar-refractivity contribution in [2.75, 3.05) is 32.1 Å². The fraction of sp³-hybridized carbons (Fsp3) is 0.471. The largest absolute Gasteiger partial charge is 0.385 e. The average Bonchev–Trinajstić information content (AvgIpc) is 3.16. The molecule has 1 aliphatic rings. The highest BCUT2D eigenvalue weighted by Crippen LogP contribution is 2.30. The predicted octanol–water partition coefficient (Wildman–Crippen LogP) is 1.89. The van der Waals surface area contributed by atoms with Crippen LogP contribution in [0, 0.1) is 0 Å². The number of likely N-dealkylation sites (N-methyl/N-ethyl adjacent to an activating group) is 1. The first-order valence-electron chi connectivity index (χ1n) is 8.44. The Morgan fingerprint density at radius 3 is 3.04 bits per heavy atom. The molecule has 0 bridgehead atoms. The van der Waals surface area contributed by atoms with Gasteiger partial charge in [0.2, 0.25) is 0 Å². The van der Waals surface area contributed by atoms with Crippen molar-refractivity contribution in [3.63, 3.8) is 0 Å². The third-order valence-corrected chi connectivity index (χ3v) is 5.34. The summed E-state index contributed by atoms with van der Waals surface area (Å²) in [5.41, 5.74) is 2.86. The Bertz CT molecular complexity index is 873. The van der Waals surface area contributed by atoms with Crippen molar-refractivity contribution in [2.24, 2.45) is 0 Å². The Kier molecular flexibility index (Phi) is 4.41. The molecule has 25 heavy (non-hydrogen) atoms. The van der Waals surface area contributed by atoms with Crippen molar-refractivity contribution < 1.29 is 5.11 Å². The average molecular weight is 358 g/mol. The molecule has 0 fully saturated rings. The van der Waals surface area contributed by atoms with E-state index >= 15 is 0 Å². The topological polar surface area (TPSA) is 70.3 Å². The molecule has 0 aromatic carbocycles. The molecule has 8 heteroatoms. The highest BCUT2D eigenvalue weighted by Gasteiger charge is 2.22. The molecule has 1 atom stereocenters.